The molecule has 1 N–H and O–H groups in total. The van der Waals surface area contributed by atoms with Gasteiger partial charge in [0.05, 0.1) is 11.1 Å². The van der Waals surface area contributed by atoms with Gasteiger partial charge < -0.3 is 15.1 Å². The van der Waals surface area contributed by atoms with Gasteiger partial charge in [0, 0.05) is 50.5 Å². The Morgan fingerprint density at radius 1 is 0.947 bits per heavy atom. The first kappa shape index (κ1) is 23.9. The summed E-state index contributed by atoms with van der Waals surface area (Å²) in [5.74, 6) is -2.05. The van der Waals surface area contributed by atoms with Gasteiger partial charge in [-0.05, 0) is 43.8 Å². The van der Waals surface area contributed by atoms with Crippen LogP contribution in [0.25, 0.3) is 22.2 Å². The number of piperazine rings is 1. The predicted octanol–water partition coefficient (Wildman–Crippen LogP) is 3.65. The van der Waals surface area contributed by atoms with Crippen LogP contribution < -0.4 is 15.8 Å². The fraction of sp³-hybridized carbons (Fsp3) is 0.231. The minimum absolute atomic E-state index is 0.0182. The molecule has 0 unspecified atom stereocenters. The van der Waals surface area contributed by atoms with Gasteiger partial charge in [-0.1, -0.05) is 6.07 Å². The van der Waals surface area contributed by atoms with E-state index in [0.29, 0.717) is 11.4 Å². The SMILES string of the molecule is Cc1cc(Nc2ncc3c(=O)n(-c4c(F)cccc4F)n4ccnc4c3n2)cc(F)c1N1CCN(C)CC1. The molecule has 0 atom stereocenters. The molecule has 5 aromatic rings. The van der Waals surface area contributed by atoms with Crippen LogP contribution in [0.1, 0.15) is 5.56 Å². The second-order valence-corrected chi connectivity index (χ2v) is 9.28. The first-order valence-corrected chi connectivity index (χ1v) is 12.0. The maximum absolute atomic E-state index is 15.2. The van der Waals surface area contributed by atoms with Crippen LogP contribution in [-0.4, -0.2) is 62.3 Å². The second-order valence-electron chi connectivity index (χ2n) is 9.28. The molecule has 194 valence electrons. The van der Waals surface area contributed by atoms with E-state index in [2.05, 4.69) is 25.2 Å². The van der Waals surface area contributed by atoms with E-state index in [1.54, 1.807) is 0 Å². The smallest absolute Gasteiger partial charge is 0.281 e. The van der Waals surface area contributed by atoms with Crippen LogP contribution in [0, 0.1) is 24.4 Å². The fourth-order valence-electron chi connectivity index (χ4n) is 4.88. The highest BCUT2D eigenvalue weighted by Gasteiger charge is 2.22. The van der Waals surface area contributed by atoms with Crippen molar-refractivity contribution in [3.8, 4) is 5.69 Å². The van der Waals surface area contributed by atoms with Crippen molar-refractivity contribution in [3.63, 3.8) is 0 Å². The topological polar surface area (TPSA) is 83.6 Å². The number of para-hydroxylation sites is 1. The number of fused-ring (bicyclic) bond motifs is 3. The highest BCUT2D eigenvalue weighted by Crippen LogP contribution is 2.30. The molecule has 6 rings (SSSR count). The number of benzene rings is 2. The molecular weight excluding hydrogens is 497 g/mol. The normalized spacial score (nSPS) is 14.5. The Kier molecular flexibility index (Phi) is 5.75. The number of hydrogen-bond acceptors (Lipinski definition) is 7. The molecular formula is C26H23F3N8O. The zero-order valence-corrected chi connectivity index (χ0v) is 20.6. The summed E-state index contributed by atoms with van der Waals surface area (Å²) >= 11 is 0. The minimum atomic E-state index is -0.905. The number of aryl methyl sites for hydroxylation is 1. The quantitative estimate of drug-likeness (QED) is 0.387. The fourth-order valence-corrected chi connectivity index (χ4v) is 4.88. The largest absolute Gasteiger partial charge is 0.366 e. The van der Waals surface area contributed by atoms with Crippen molar-refractivity contribution in [3.05, 3.63) is 82.3 Å². The molecule has 1 saturated heterocycles. The molecule has 0 bridgehead atoms. The molecule has 2 aromatic carbocycles. The van der Waals surface area contributed by atoms with Crippen LogP contribution in [0.5, 0.6) is 0 Å². The maximum atomic E-state index is 15.2. The van der Waals surface area contributed by atoms with Crippen LogP contribution in [0.3, 0.4) is 0 Å². The van der Waals surface area contributed by atoms with E-state index in [1.807, 2.05) is 24.9 Å². The Morgan fingerprint density at radius 2 is 1.68 bits per heavy atom. The van der Waals surface area contributed by atoms with Gasteiger partial charge in [0.2, 0.25) is 5.95 Å². The van der Waals surface area contributed by atoms with Gasteiger partial charge >= 0.3 is 0 Å². The third-order valence-corrected chi connectivity index (χ3v) is 6.74. The summed E-state index contributed by atoms with van der Waals surface area (Å²) in [6.07, 6.45) is 4.07. The Hall–Kier alpha value is -4.45. The first-order chi connectivity index (χ1) is 18.3. The molecule has 9 nitrogen and oxygen atoms in total. The summed E-state index contributed by atoms with van der Waals surface area (Å²) in [6.45, 7) is 5.04. The standard InChI is InChI=1S/C26H23F3N8O/c1-15-12-16(13-20(29)22(15)35-10-8-34(2)9-11-35)32-26-31-14-17-21(33-26)24-30-6-7-36(24)37(25(17)38)23-18(27)4-3-5-19(23)28/h3-7,12-14H,8-11H2,1-2H3,(H,31,32,33). The molecule has 1 aliphatic rings. The molecule has 0 radical (unpaired) electrons. The zero-order chi connectivity index (χ0) is 26.6. The number of imidazole rings is 1. The molecule has 0 aliphatic carbocycles. The molecule has 3 aromatic heterocycles. The monoisotopic (exact) mass is 520 g/mol. The average Bonchev–Trinajstić information content (AvgIpc) is 3.36. The first-order valence-electron chi connectivity index (χ1n) is 12.0. The number of anilines is 3. The van der Waals surface area contributed by atoms with Crippen LogP contribution in [-0.2, 0) is 0 Å². The summed E-state index contributed by atoms with van der Waals surface area (Å²) in [6, 6.07) is 6.55. The lowest BCUT2D eigenvalue weighted by molar-refractivity contribution is 0.311. The molecule has 0 spiro atoms. The van der Waals surface area contributed by atoms with Gasteiger partial charge in [0.15, 0.2) is 17.3 Å². The molecule has 1 aliphatic heterocycles. The number of aromatic nitrogens is 5. The van der Waals surface area contributed by atoms with E-state index >= 15 is 4.39 Å². The van der Waals surface area contributed by atoms with Crippen molar-refractivity contribution < 1.29 is 13.2 Å². The number of nitrogens with zero attached hydrogens (tertiary/aromatic N) is 7. The molecule has 12 heteroatoms. The summed E-state index contributed by atoms with van der Waals surface area (Å²) in [5, 5.41) is 3.02. The van der Waals surface area contributed by atoms with E-state index < -0.39 is 22.9 Å². The number of halogens is 3. The van der Waals surface area contributed by atoms with Crippen molar-refractivity contribution in [2.75, 3.05) is 43.4 Å². The Labute approximate surface area is 214 Å². The van der Waals surface area contributed by atoms with E-state index in [9.17, 15) is 13.6 Å². The Balaban J connectivity index is 1.40. The van der Waals surface area contributed by atoms with Crippen molar-refractivity contribution in [1.29, 1.82) is 0 Å². The lowest BCUT2D eigenvalue weighted by atomic mass is 10.1. The van der Waals surface area contributed by atoms with Crippen LogP contribution >= 0.6 is 0 Å². The number of likely N-dealkylation sites (N-methyl/N-ethyl adjacent to an activating group) is 1. The Morgan fingerprint density at radius 3 is 2.39 bits per heavy atom. The van der Waals surface area contributed by atoms with Gasteiger partial charge in [0.25, 0.3) is 5.56 Å². The maximum Gasteiger partial charge on any atom is 0.281 e. The summed E-state index contributed by atoms with van der Waals surface area (Å²) in [4.78, 5) is 30.5. The van der Waals surface area contributed by atoms with Gasteiger partial charge in [0.1, 0.15) is 17.0 Å². The van der Waals surface area contributed by atoms with Gasteiger partial charge in [-0.15, -0.1) is 0 Å². The van der Waals surface area contributed by atoms with E-state index in [1.165, 1.54) is 35.2 Å². The number of hydrogen-bond donors (Lipinski definition) is 1. The number of nitrogens with one attached hydrogen (secondary N) is 1. The predicted molar refractivity (Wildman–Crippen MR) is 138 cm³/mol. The summed E-state index contributed by atoms with van der Waals surface area (Å²) in [7, 11) is 2.04. The summed E-state index contributed by atoms with van der Waals surface area (Å²) < 4.78 is 46.4. The molecule has 0 amide bonds. The van der Waals surface area contributed by atoms with Crippen molar-refractivity contribution in [1.82, 2.24) is 29.0 Å². The van der Waals surface area contributed by atoms with Gasteiger partial charge in [-0.25, -0.2) is 37.3 Å². The Bertz CT molecular complexity index is 1710. The molecule has 38 heavy (non-hydrogen) atoms. The van der Waals surface area contributed by atoms with E-state index in [0.717, 1.165) is 48.6 Å². The van der Waals surface area contributed by atoms with E-state index in [4.69, 9.17) is 0 Å². The van der Waals surface area contributed by atoms with E-state index in [-0.39, 0.29) is 28.3 Å². The van der Waals surface area contributed by atoms with Crippen LogP contribution in [0.4, 0.5) is 30.5 Å². The molecule has 4 heterocycles. The zero-order valence-electron chi connectivity index (χ0n) is 20.6. The van der Waals surface area contributed by atoms with Gasteiger partial charge in [-0.2, -0.15) is 0 Å². The van der Waals surface area contributed by atoms with Crippen molar-refractivity contribution in [2.45, 2.75) is 6.92 Å². The second kappa shape index (κ2) is 9.14. The number of rotatable bonds is 4. The van der Waals surface area contributed by atoms with Crippen LogP contribution in [0.15, 0.2) is 53.7 Å². The van der Waals surface area contributed by atoms with Crippen molar-refractivity contribution >= 4 is 33.9 Å². The molecule has 1 fully saturated rings. The third-order valence-electron chi connectivity index (χ3n) is 6.74. The highest BCUT2D eigenvalue weighted by molar-refractivity contribution is 5.90. The van der Waals surface area contributed by atoms with Crippen molar-refractivity contribution in [2.24, 2.45) is 0 Å². The minimum Gasteiger partial charge on any atom is -0.366 e. The lowest BCUT2D eigenvalue weighted by Gasteiger charge is -2.35. The highest BCUT2D eigenvalue weighted by atomic mass is 19.1. The third kappa shape index (κ3) is 3.93. The lowest BCUT2D eigenvalue weighted by Crippen LogP contribution is -2.45. The summed E-state index contributed by atoms with van der Waals surface area (Å²) in [5.41, 5.74) is 0.900. The van der Waals surface area contributed by atoms with Gasteiger partial charge in [-0.3, -0.25) is 4.79 Å². The average molecular weight is 521 g/mol. The van der Waals surface area contributed by atoms with Crippen LogP contribution in [0.2, 0.25) is 0 Å². The molecule has 0 saturated carbocycles.